The Hall–Kier alpha value is -1.72. The molecule has 1 unspecified atom stereocenters. The van der Waals surface area contributed by atoms with Crippen LogP contribution in [0.1, 0.15) is 20.8 Å². The Morgan fingerprint density at radius 3 is 2.16 bits per heavy atom. The van der Waals surface area contributed by atoms with E-state index in [2.05, 4.69) is 10.6 Å². The molecule has 0 bridgehead atoms. The average molecular weight is 274 g/mol. The largest absolute Gasteiger partial charge is 0.369 e. The Balaban J connectivity index is 2.71. The number of anilines is 1. The Labute approximate surface area is 110 Å². The summed E-state index contributed by atoms with van der Waals surface area (Å²) >= 11 is 0. The molecule has 0 spiro atoms. The van der Waals surface area contributed by atoms with E-state index >= 15 is 0 Å². The summed E-state index contributed by atoms with van der Waals surface area (Å²) in [6.07, 6.45) is 0. The number of nitrogens with one attached hydrogen (secondary N) is 2. The van der Waals surface area contributed by atoms with Crippen molar-refractivity contribution in [1.29, 1.82) is 0 Å². The molecule has 19 heavy (non-hydrogen) atoms. The second-order valence-corrected chi connectivity index (χ2v) is 4.75. The summed E-state index contributed by atoms with van der Waals surface area (Å²) in [5.74, 6) is -3.24. The first-order valence-corrected chi connectivity index (χ1v) is 6.00. The molecule has 0 saturated heterocycles. The SMILES string of the molecule is CC(C)CNC(=O)C(C)Nc1c(F)cc(F)cc1F. The summed E-state index contributed by atoms with van der Waals surface area (Å²) in [4.78, 5) is 11.6. The van der Waals surface area contributed by atoms with E-state index in [0.29, 0.717) is 18.7 Å². The van der Waals surface area contributed by atoms with E-state index in [1.807, 2.05) is 13.8 Å². The van der Waals surface area contributed by atoms with Crippen molar-refractivity contribution in [2.24, 2.45) is 5.92 Å². The Morgan fingerprint density at radius 2 is 1.68 bits per heavy atom. The van der Waals surface area contributed by atoms with Crippen LogP contribution in [0.5, 0.6) is 0 Å². The second kappa shape index (κ2) is 6.45. The molecule has 1 aromatic rings. The molecule has 1 rings (SSSR count). The third-order valence-electron chi connectivity index (χ3n) is 2.45. The number of carbonyl (C=O) groups is 1. The molecule has 0 aliphatic heterocycles. The van der Waals surface area contributed by atoms with Crippen LogP contribution in [0.4, 0.5) is 18.9 Å². The van der Waals surface area contributed by atoms with Crippen LogP contribution < -0.4 is 10.6 Å². The highest BCUT2D eigenvalue weighted by atomic mass is 19.1. The summed E-state index contributed by atoms with van der Waals surface area (Å²) < 4.78 is 39.5. The molecular weight excluding hydrogens is 257 g/mol. The lowest BCUT2D eigenvalue weighted by Gasteiger charge is -2.17. The fourth-order valence-corrected chi connectivity index (χ4v) is 1.42. The van der Waals surface area contributed by atoms with Crippen LogP contribution in [-0.2, 0) is 4.79 Å². The average Bonchev–Trinajstić information content (AvgIpc) is 2.30. The van der Waals surface area contributed by atoms with Gasteiger partial charge in [0, 0.05) is 18.7 Å². The number of carbonyl (C=O) groups excluding carboxylic acids is 1. The zero-order valence-electron chi connectivity index (χ0n) is 11.1. The van der Waals surface area contributed by atoms with Crippen molar-refractivity contribution in [3.05, 3.63) is 29.6 Å². The number of halogens is 3. The van der Waals surface area contributed by atoms with Crippen LogP contribution in [-0.4, -0.2) is 18.5 Å². The van der Waals surface area contributed by atoms with Gasteiger partial charge in [-0.05, 0) is 12.8 Å². The lowest BCUT2D eigenvalue weighted by molar-refractivity contribution is -0.121. The third-order valence-corrected chi connectivity index (χ3v) is 2.45. The molecule has 0 aromatic heterocycles. The maximum absolute atomic E-state index is 13.4. The Kier molecular flexibility index (Phi) is 5.20. The first-order valence-electron chi connectivity index (χ1n) is 6.00. The minimum atomic E-state index is -1.07. The molecule has 106 valence electrons. The van der Waals surface area contributed by atoms with Gasteiger partial charge in [0.25, 0.3) is 0 Å². The highest BCUT2D eigenvalue weighted by Gasteiger charge is 2.18. The molecule has 0 aliphatic rings. The molecule has 0 radical (unpaired) electrons. The van der Waals surface area contributed by atoms with Crippen LogP contribution in [0, 0.1) is 23.4 Å². The normalized spacial score (nSPS) is 12.4. The van der Waals surface area contributed by atoms with Gasteiger partial charge < -0.3 is 10.6 Å². The van der Waals surface area contributed by atoms with Crippen molar-refractivity contribution in [2.45, 2.75) is 26.8 Å². The van der Waals surface area contributed by atoms with E-state index in [0.717, 1.165) is 0 Å². The van der Waals surface area contributed by atoms with Crippen molar-refractivity contribution in [1.82, 2.24) is 5.32 Å². The number of amides is 1. The highest BCUT2D eigenvalue weighted by molar-refractivity contribution is 5.84. The molecule has 0 heterocycles. The van der Waals surface area contributed by atoms with Gasteiger partial charge in [-0.3, -0.25) is 4.79 Å². The highest BCUT2D eigenvalue weighted by Crippen LogP contribution is 2.20. The van der Waals surface area contributed by atoms with Crippen molar-refractivity contribution < 1.29 is 18.0 Å². The minimum absolute atomic E-state index is 0.274. The fraction of sp³-hybridized carbons (Fsp3) is 0.462. The van der Waals surface area contributed by atoms with Gasteiger partial charge in [0.15, 0.2) is 11.6 Å². The summed E-state index contributed by atoms with van der Waals surface area (Å²) in [5, 5.41) is 5.03. The van der Waals surface area contributed by atoms with Crippen molar-refractivity contribution >= 4 is 11.6 Å². The number of benzene rings is 1. The molecule has 6 heteroatoms. The van der Waals surface area contributed by atoms with E-state index in [4.69, 9.17) is 0 Å². The predicted molar refractivity (Wildman–Crippen MR) is 67.2 cm³/mol. The maximum Gasteiger partial charge on any atom is 0.242 e. The fourth-order valence-electron chi connectivity index (χ4n) is 1.42. The van der Waals surface area contributed by atoms with Crippen LogP contribution >= 0.6 is 0 Å². The molecular formula is C13H17F3N2O. The number of hydrogen-bond acceptors (Lipinski definition) is 2. The zero-order valence-corrected chi connectivity index (χ0v) is 11.1. The van der Waals surface area contributed by atoms with E-state index < -0.39 is 29.2 Å². The summed E-state index contributed by atoms with van der Waals surface area (Å²) in [6, 6.07) is 0.294. The molecule has 0 saturated carbocycles. The molecule has 1 atom stereocenters. The topological polar surface area (TPSA) is 41.1 Å². The third kappa shape index (κ3) is 4.46. The molecule has 1 aromatic carbocycles. The maximum atomic E-state index is 13.4. The van der Waals surface area contributed by atoms with Crippen molar-refractivity contribution in [3.63, 3.8) is 0 Å². The summed E-state index contributed by atoms with van der Waals surface area (Å²) in [6.45, 7) is 5.80. The first-order chi connectivity index (χ1) is 8.81. The Bertz CT molecular complexity index is 440. The van der Waals surface area contributed by atoms with Gasteiger partial charge in [0.05, 0.1) is 0 Å². The van der Waals surface area contributed by atoms with Crippen molar-refractivity contribution in [3.8, 4) is 0 Å². The van der Waals surface area contributed by atoms with Gasteiger partial charge in [-0.2, -0.15) is 0 Å². The van der Waals surface area contributed by atoms with Crippen LogP contribution in [0.2, 0.25) is 0 Å². The van der Waals surface area contributed by atoms with E-state index in [1.165, 1.54) is 6.92 Å². The minimum Gasteiger partial charge on any atom is -0.369 e. The van der Waals surface area contributed by atoms with Gasteiger partial charge in [-0.15, -0.1) is 0 Å². The van der Waals surface area contributed by atoms with Crippen molar-refractivity contribution in [2.75, 3.05) is 11.9 Å². The van der Waals surface area contributed by atoms with Crippen LogP contribution in [0.15, 0.2) is 12.1 Å². The van der Waals surface area contributed by atoms with E-state index in [9.17, 15) is 18.0 Å². The predicted octanol–water partition coefficient (Wildman–Crippen LogP) is 2.68. The quantitative estimate of drug-likeness (QED) is 0.866. The van der Waals surface area contributed by atoms with Gasteiger partial charge in [-0.25, -0.2) is 13.2 Å². The standard InChI is InChI=1S/C13H17F3N2O/c1-7(2)6-17-13(19)8(3)18-12-10(15)4-9(14)5-11(12)16/h4-5,7-8,18H,6H2,1-3H3,(H,17,19). The zero-order chi connectivity index (χ0) is 14.6. The lowest BCUT2D eigenvalue weighted by Crippen LogP contribution is -2.39. The first kappa shape index (κ1) is 15.3. The summed E-state index contributed by atoms with van der Waals surface area (Å²) in [7, 11) is 0. The van der Waals surface area contributed by atoms with E-state index in [-0.39, 0.29) is 11.8 Å². The molecule has 0 aliphatic carbocycles. The molecule has 1 amide bonds. The monoisotopic (exact) mass is 274 g/mol. The smallest absolute Gasteiger partial charge is 0.242 e. The molecule has 3 nitrogen and oxygen atoms in total. The van der Waals surface area contributed by atoms with Crippen LogP contribution in [0.3, 0.4) is 0 Å². The molecule has 2 N–H and O–H groups in total. The van der Waals surface area contributed by atoms with Gasteiger partial charge in [0.1, 0.15) is 17.5 Å². The van der Waals surface area contributed by atoms with Gasteiger partial charge in [0.2, 0.25) is 5.91 Å². The van der Waals surface area contributed by atoms with E-state index in [1.54, 1.807) is 0 Å². The van der Waals surface area contributed by atoms with Gasteiger partial charge >= 0.3 is 0 Å². The molecule has 0 fully saturated rings. The second-order valence-electron chi connectivity index (χ2n) is 4.75. The van der Waals surface area contributed by atoms with Crippen LogP contribution in [0.25, 0.3) is 0 Å². The number of hydrogen-bond donors (Lipinski definition) is 2. The lowest BCUT2D eigenvalue weighted by atomic mass is 10.2. The Morgan fingerprint density at radius 1 is 1.16 bits per heavy atom. The number of rotatable bonds is 5. The van der Waals surface area contributed by atoms with Gasteiger partial charge in [-0.1, -0.05) is 13.8 Å². The summed E-state index contributed by atoms with van der Waals surface area (Å²) in [5.41, 5.74) is -0.506.